The van der Waals surface area contributed by atoms with Crippen molar-refractivity contribution in [3.8, 4) is 16.9 Å². The second kappa shape index (κ2) is 8.71. The highest BCUT2D eigenvalue weighted by Crippen LogP contribution is 2.44. The highest BCUT2D eigenvalue weighted by molar-refractivity contribution is 6.44. The van der Waals surface area contributed by atoms with Gasteiger partial charge in [-0.05, 0) is 41.3 Å². The van der Waals surface area contributed by atoms with Crippen LogP contribution in [0.4, 0.5) is 0 Å². The van der Waals surface area contributed by atoms with Crippen molar-refractivity contribution in [2.75, 3.05) is 6.61 Å². The first kappa shape index (κ1) is 21.4. The van der Waals surface area contributed by atoms with Crippen LogP contribution < -0.4 is 10.5 Å². The molecule has 158 valence electrons. The number of esters is 2. The van der Waals surface area contributed by atoms with Gasteiger partial charge in [0, 0.05) is 5.92 Å². The van der Waals surface area contributed by atoms with E-state index in [0.29, 0.717) is 0 Å². The Morgan fingerprint density at radius 3 is 2.13 bits per heavy atom. The maximum Gasteiger partial charge on any atom is 0.343 e. The topological polar surface area (TPSA) is 78.6 Å². The molecule has 0 aromatic heterocycles. The third-order valence-corrected chi connectivity index (χ3v) is 5.99. The summed E-state index contributed by atoms with van der Waals surface area (Å²) in [7, 11) is 0. The Bertz CT molecular complexity index is 1130. The van der Waals surface area contributed by atoms with Crippen LogP contribution in [-0.2, 0) is 9.53 Å². The molecule has 31 heavy (non-hydrogen) atoms. The lowest BCUT2D eigenvalue weighted by atomic mass is 9.98. The van der Waals surface area contributed by atoms with Crippen molar-refractivity contribution in [1.82, 2.24) is 0 Å². The first-order valence-corrected chi connectivity index (χ1v) is 10.4. The Balaban J connectivity index is 1.62. The molecule has 0 aliphatic heterocycles. The molecule has 3 aromatic carbocycles. The van der Waals surface area contributed by atoms with Gasteiger partial charge in [-0.2, -0.15) is 0 Å². The molecule has 1 aliphatic carbocycles. The van der Waals surface area contributed by atoms with Crippen LogP contribution in [-0.4, -0.2) is 24.6 Å². The third-order valence-electron chi connectivity index (χ3n) is 5.19. The van der Waals surface area contributed by atoms with Gasteiger partial charge in [-0.3, -0.25) is 0 Å². The molecule has 5 nitrogen and oxygen atoms in total. The fraction of sp³-hybridized carbons (Fsp3) is 0.167. The minimum Gasteiger partial charge on any atom is -0.461 e. The molecule has 7 heteroatoms. The second-order valence-electron chi connectivity index (χ2n) is 7.27. The van der Waals surface area contributed by atoms with E-state index < -0.39 is 18.0 Å². The third kappa shape index (κ3) is 4.04. The van der Waals surface area contributed by atoms with Gasteiger partial charge < -0.3 is 15.2 Å². The van der Waals surface area contributed by atoms with Crippen molar-refractivity contribution in [3.05, 3.63) is 87.4 Å². The maximum atomic E-state index is 13.0. The summed E-state index contributed by atoms with van der Waals surface area (Å²) >= 11 is 12.3. The Hall–Kier alpha value is -2.86. The van der Waals surface area contributed by atoms with Gasteiger partial charge in [0.05, 0.1) is 10.0 Å². The van der Waals surface area contributed by atoms with E-state index in [0.717, 1.165) is 22.3 Å². The van der Waals surface area contributed by atoms with Crippen molar-refractivity contribution < 1.29 is 19.1 Å². The SMILES string of the molecule is C[C@H](N)C(=O)Oc1ccc(Cl)c(Cl)c1C(=O)OCC1c2ccccc2-c2ccccc21. The Kier molecular flexibility index (Phi) is 6.01. The van der Waals surface area contributed by atoms with Crippen LogP contribution in [0.2, 0.25) is 10.0 Å². The fourth-order valence-electron chi connectivity index (χ4n) is 3.68. The molecule has 0 heterocycles. The molecule has 4 rings (SSSR count). The van der Waals surface area contributed by atoms with E-state index in [4.69, 9.17) is 38.4 Å². The van der Waals surface area contributed by atoms with E-state index in [-0.39, 0.29) is 33.9 Å². The number of carbonyl (C=O) groups excluding carboxylic acids is 2. The summed E-state index contributed by atoms with van der Waals surface area (Å²) < 4.78 is 10.9. The predicted molar refractivity (Wildman–Crippen MR) is 120 cm³/mol. The quantitative estimate of drug-likeness (QED) is 0.421. The zero-order valence-electron chi connectivity index (χ0n) is 16.6. The molecule has 1 aliphatic rings. The van der Waals surface area contributed by atoms with E-state index >= 15 is 0 Å². The average molecular weight is 456 g/mol. The van der Waals surface area contributed by atoms with Gasteiger partial charge in [0.25, 0.3) is 0 Å². The summed E-state index contributed by atoms with van der Waals surface area (Å²) in [5.74, 6) is -1.61. The Morgan fingerprint density at radius 2 is 1.55 bits per heavy atom. The lowest BCUT2D eigenvalue weighted by Gasteiger charge is -2.16. The van der Waals surface area contributed by atoms with E-state index in [9.17, 15) is 9.59 Å². The lowest BCUT2D eigenvalue weighted by molar-refractivity contribution is -0.135. The zero-order chi connectivity index (χ0) is 22.1. The highest BCUT2D eigenvalue weighted by Gasteiger charge is 2.30. The molecular weight excluding hydrogens is 437 g/mol. The molecule has 3 aromatic rings. The minimum absolute atomic E-state index is 0.0473. The molecule has 0 radical (unpaired) electrons. The Labute approximate surface area is 189 Å². The van der Waals surface area contributed by atoms with Crippen molar-refractivity contribution >= 4 is 35.1 Å². The van der Waals surface area contributed by atoms with Crippen LogP contribution in [0.3, 0.4) is 0 Å². The second-order valence-corrected chi connectivity index (χ2v) is 8.05. The van der Waals surface area contributed by atoms with Crippen molar-refractivity contribution in [1.29, 1.82) is 0 Å². The van der Waals surface area contributed by atoms with E-state index in [2.05, 4.69) is 12.1 Å². The first-order valence-electron chi connectivity index (χ1n) is 9.69. The van der Waals surface area contributed by atoms with Crippen LogP contribution in [0.5, 0.6) is 5.75 Å². The molecule has 2 N–H and O–H groups in total. The van der Waals surface area contributed by atoms with Crippen molar-refractivity contribution in [3.63, 3.8) is 0 Å². The molecule has 0 bridgehead atoms. The summed E-state index contributed by atoms with van der Waals surface area (Å²) in [6.45, 7) is 1.57. The standard InChI is InChI=1S/C24H19Cl2NO4/c1-13(27)23(28)31-20-11-10-19(25)22(26)21(20)24(29)30-12-18-16-8-4-2-6-14(16)15-7-3-5-9-17(15)18/h2-11,13,18H,12,27H2,1H3/t13-/m0/s1. The van der Waals surface area contributed by atoms with Gasteiger partial charge in [-0.25, -0.2) is 9.59 Å². The first-order chi connectivity index (χ1) is 14.9. The summed E-state index contributed by atoms with van der Waals surface area (Å²) in [5.41, 5.74) is 9.85. The molecular formula is C24H19Cl2NO4. The lowest BCUT2D eigenvalue weighted by Crippen LogP contribution is -2.31. The van der Waals surface area contributed by atoms with E-state index in [1.54, 1.807) is 0 Å². The maximum absolute atomic E-state index is 13.0. The number of halogens is 2. The zero-order valence-corrected chi connectivity index (χ0v) is 18.1. The highest BCUT2D eigenvalue weighted by atomic mass is 35.5. The van der Waals surface area contributed by atoms with Crippen LogP contribution in [0.25, 0.3) is 11.1 Å². The smallest absolute Gasteiger partial charge is 0.343 e. The summed E-state index contributed by atoms with van der Waals surface area (Å²) in [6, 6.07) is 18.0. The van der Waals surface area contributed by atoms with Gasteiger partial charge in [0.1, 0.15) is 24.0 Å². The van der Waals surface area contributed by atoms with Crippen LogP contribution in [0.1, 0.15) is 34.3 Å². The van der Waals surface area contributed by atoms with Crippen LogP contribution >= 0.6 is 23.2 Å². The number of nitrogens with two attached hydrogens (primary N) is 1. The number of benzene rings is 3. The molecule has 1 atom stereocenters. The van der Waals surface area contributed by atoms with Gasteiger partial charge in [-0.1, -0.05) is 71.7 Å². The number of ether oxygens (including phenoxy) is 2. The monoisotopic (exact) mass is 455 g/mol. The number of fused-ring (bicyclic) bond motifs is 3. The number of rotatable bonds is 5. The average Bonchev–Trinajstić information content (AvgIpc) is 3.08. The summed E-state index contributed by atoms with van der Waals surface area (Å²) in [4.78, 5) is 24.9. The van der Waals surface area contributed by atoms with E-state index in [1.807, 2.05) is 36.4 Å². The van der Waals surface area contributed by atoms with Gasteiger partial charge in [-0.15, -0.1) is 0 Å². The normalized spacial score (nSPS) is 13.3. The summed E-state index contributed by atoms with van der Waals surface area (Å²) in [5, 5.41) is 0.0969. The number of carbonyl (C=O) groups is 2. The van der Waals surface area contributed by atoms with Crippen LogP contribution in [0, 0.1) is 0 Å². The largest absolute Gasteiger partial charge is 0.461 e. The molecule has 0 amide bonds. The van der Waals surface area contributed by atoms with Crippen molar-refractivity contribution in [2.45, 2.75) is 18.9 Å². The Morgan fingerprint density at radius 1 is 0.968 bits per heavy atom. The van der Waals surface area contributed by atoms with Crippen LogP contribution in [0.15, 0.2) is 60.7 Å². The van der Waals surface area contributed by atoms with Gasteiger partial charge in [0.15, 0.2) is 0 Å². The molecule has 0 saturated carbocycles. The minimum atomic E-state index is -0.871. The van der Waals surface area contributed by atoms with E-state index in [1.165, 1.54) is 19.1 Å². The van der Waals surface area contributed by atoms with Crippen molar-refractivity contribution in [2.24, 2.45) is 5.73 Å². The molecule has 0 unspecified atom stereocenters. The molecule has 0 spiro atoms. The van der Waals surface area contributed by atoms with Gasteiger partial charge in [0.2, 0.25) is 0 Å². The summed E-state index contributed by atoms with van der Waals surface area (Å²) in [6.07, 6.45) is 0. The molecule has 0 saturated heterocycles. The predicted octanol–water partition coefficient (Wildman–Crippen LogP) is 5.22. The molecule has 0 fully saturated rings. The number of hydrogen-bond acceptors (Lipinski definition) is 5. The number of hydrogen-bond donors (Lipinski definition) is 1. The fourth-order valence-corrected chi connectivity index (χ4v) is 4.07. The van der Waals surface area contributed by atoms with Gasteiger partial charge >= 0.3 is 11.9 Å².